The molecule has 0 bridgehead atoms. The molecule has 1 fully saturated rings. The summed E-state index contributed by atoms with van der Waals surface area (Å²) < 4.78 is 0. The topological polar surface area (TPSA) is 95.1 Å². The van der Waals surface area contributed by atoms with Gasteiger partial charge in [0.15, 0.2) is 5.82 Å². The van der Waals surface area contributed by atoms with Gasteiger partial charge in [0.2, 0.25) is 5.91 Å². The second-order valence-electron chi connectivity index (χ2n) is 5.63. The molecule has 1 aliphatic carbocycles. The monoisotopic (exact) mass is 265 g/mol. The summed E-state index contributed by atoms with van der Waals surface area (Å²) in [6, 6.07) is 1.78. The zero-order valence-corrected chi connectivity index (χ0v) is 11.4. The van der Waals surface area contributed by atoms with Gasteiger partial charge in [0.1, 0.15) is 0 Å². The Labute approximate surface area is 111 Å². The van der Waals surface area contributed by atoms with Gasteiger partial charge in [-0.15, -0.1) is 0 Å². The van der Waals surface area contributed by atoms with Crippen molar-refractivity contribution in [1.29, 1.82) is 0 Å². The van der Waals surface area contributed by atoms with Crippen molar-refractivity contribution in [2.45, 2.75) is 33.6 Å². The number of aromatic nitrogens is 2. The number of carbonyl (C=O) groups excluding carboxylic acids is 1. The minimum atomic E-state index is -0.918. The number of hydrogen-bond donors (Lipinski definition) is 3. The zero-order chi connectivity index (χ0) is 14.2. The van der Waals surface area contributed by atoms with Crippen LogP contribution in [0.5, 0.6) is 0 Å². The first-order valence-corrected chi connectivity index (χ1v) is 6.46. The Morgan fingerprint density at radius 2 is 2.16 bits per heavy atom. The fourth-order valence-corrected chi connectivity index (χ4v) is 2.61. The molecule has 1 aromatic heterocycles. The molecule has 0 spiro atoms. The third kappa shape index (κ3) is 2.47. The lowest BCUT2D eigenvalue weighted by molar-refractivity contribution is -0.140. The third-order valence-electron chi connectivity index (χ3n) is 3.78. The van der Waals surface area contributed by atoms with Crippen LogP contribution in [-0.4, -0.2) is 27.2 Å². The molecule has 1 aliphatic rings. The number of hydrogen-bond acceptors (Lipinski definition) is 3. The fourth-order valence-electron chi connectivity index (χ4n) is 2.61. The van der Waals surface area contributed by atoms with Crippen LogP contribution in [0.1, 0.15) is 32.9 Å². The lowest BCUT2D eigenvalue weighted by atomic mass is 10.1. The molecule has 1 saturated carbocycles. The average molecular weight is 265 g/mol. The molecular weight excluding hydrogens is 246 g/mol. The summed E-state index contributed by atoms with van der Waals surface area (Å²) in [4.78, 5) is 23.1. The molecule has 1 aromatic rings. The number of nitrogens with one attached hydrogen (secondary N) is 2. The Morgan fingerprint density at radius 3 is 2.68 bits per heavy atom. The molecule has 3 N–H and O–H groups in total. The van der Waals surface area contributed by atoms with Crippen molar-refractivity contribution < 1.29 is 14.7 Å². The van der Waals surface area contributed by atoms with E-state index in [0.29, 0.717) is 5.82 Å². The lowest BCUT2D eigenvalue weighted by Gasteiger charge is -2.02. The van der Waals surface area contributed by atoms with Crippen LogP contribution in [0.25, 0.3) is 0 Å². The smallest absolute Gasteiger partial charge is 0.307 e. The molecule has 0 saturated heterocycles. The maximum Gasteiger partial charge on any atom is 0.307 e. The van der Waals surface area contributed by atoms with Gasteiger partial charge in [0.05, 0.1) is 11.8 Å². The second-order valence-corrected chi connectivity index (χ2v) is 5.63. The quantitative estimate of drug-likeness (QED) is 0.754. The van der Waals surface area contributed by atoms with E-state index < -0.39 is 23.2 Å². The van der Waals surface area contributed by atoms with Crippen LogP contribution in [0.2, 0.25) is 0 Å². The summed E-state index contributed by atoms with van der Waals surface area (Å²) in [6.45, 7) is 5.65. The number of anilines is 1. The van der Waals surface area contributed by atoms with Crippen molar-refractivity contribution in [1.82, 2.24) is 10.2 Å². The maximum absolute atomic E-state index is 12.0. The van der Waals surface area contributed by atoms with Crippen LogP contribution < -0.4 is 5.32 Å². The van der Waals surface area contributed by atoms with Crippen molar-refractivity contribution in [2.75, 3.05) is 5.32 Å². The van der Waals surface area contributed by atoms with E-state index in [0.717, 1.165) is 18.5 Å². The van der Waals surface area contributed by atoms with E-state index in [-0.39, 0.29) is 5.91 Å². The molecule has 6 nitrogen and oxygen atoms in total. The van der Waals surface area contributed by atoms with E-state index >= 15 is 0 Å². The van der Waals surface area contributed by atoms with E-state index in [1.54, 1.807) is 19.9 Å². The first-order valence-electron chi connectivity index (χ1n) is 6.46. The average Bonchev–Trinajstić information content (AvgIpc) is 2.65. The number of nitrogens with zero attached hydrogens (tertiary/aromatic N) is 1. The van der Waals surface area contributed by atoms with E-state index in [1.807, 2.05) is 0 Å². The Balaban J connectivity index is 2.00. The van der Waals surface area contributed by atoms with Gasteiger partial charge in [-0.2, -0.15) is 5.10 Å². The van der Waals surface area contributed by atoms with E-state index in [4.69, 9.17) is 5.11 Å². The van der Waals surface area contributed by atoms with Crippen molar-refractivity contribution in [3.63, 3.8) is 0 Å². The molecule has 0 unspecified atom stereocenters. The fraction of sp³-hybridized carbons (Fsp3) is 0.615. The number of amides is 1. The van der Waals surface area contributed by atoms with Gasteiger partial charge in [-0.3, -0.25) is 14.7 Å². The summed E-state index contributed by atoms with van der Waals surface area (Å²) in [5.41, 5.74) is 0.473. The SMILES string of the molecule is CCCc1cc(NC(=O)[C@H]2[C@@H](C(=O)O)C2(C)C)n[nH]1. The molecule has 19 heavy (non-hydrogen) atoms. The van der Waals surface area contributed by atoms with Gasteiger partial charge in [-0.05, 0) is 11.8 Å². The van der Waals surface area contributed by atoms with E-state index in [1.165, 1.54) is 0 Å². The number of carbonyl (C=O) groups is 2. The summed E-state index contributed by atoms with van der Waals surface area (Å²) in [7, 11) is 0. The summed E-state index contributed by atoms with van der Waals surface area (Å²) >= 11 is 0. The van der Waals surface area contributed by atoms with Crippen molar-refractivity contribution >= 4 is 17.7 Å². The number of carboxylic acids is 1. The van der Waals surface area contributed by atoms with Crippen LogP contribution in [0, 0.1) is 17.3 Å². The normalized spacial score (nSPS) is 23.9. The molecule has 2 rings (SSSR count). The Hall–Kier alpha value is -1.85. The van der Waals surface area contributed by atoms with Gasteiger partial charge in [-0.25, -0.2) is 0 Å². The van der Waals surface area contributed by atoms with Crippen molar-refractivity contribution in [2.24, 2.45) is 17.3 Å². The highest BCUT2D eigenvalue weighted by Crippen LogP contribution is 2.58. The number of rotatable bonds is 5. The van der Waals surface area contributed by atoms with Gasteiger partial charge >= 0.3 is 5.97 Å². The highest BCUT2D eigenvalue weighted by atomic mass is 16.4. The predicted molar refractivity (Wildman–Crippen MR) is 69.6 cm³/mol. The summed E-state index contributed by atoms with van der Waals surface area (Å²) in [5, 5.41) is 18.6. The predicted octanol–water partition coefficient (Wildman–Crippen LogP) is 1.66. The minimum Gasteiger partial charge on any atom is -0.481 e. The molecule has 2 atom stereocenters. The molecule has 0 radical (unpaired) electrons. The number of aryl methyl sites for hydroxylation is 1. The van der Waals surface area contributed by atoms with Gasteiger partial charge in [0, 0.05) is 11.8 Å². The number of aromatic amines is 1. The molecule has 0 aliphatic heterocycles. The van der Waals surface area contributed by atoms with E-state index in [9.17, 15) is 9.59 Å². The van der Waals surface area contributed by atoms with Crippen LogP contribution in [0.4, 0.5) is 5.82 Å². The maximum atomic E-state index is 12.0. The van der Waals surface area contributed by atoms with Crippen LogP contribution >= 0.6 is 0 Å². The van der Waals surface area contributed by atoms with Gasteiger partial charge in [-0.1, -0.05) is 27.2 Å². The minimum absolute atomic E-state index is 0.271. The van der Waals surface area contributed by atoms with Crippen molar-refractivity contribution in [3.05, 3.63) is 11.8 Å². The number of H-pyrrole nitrogens is 1. The lowest BCUT2D eigenvalue weighted by Crippen LogP contribution is -2.17. The molecule has 1 amide bonds. The Bertz CT molecular complexity index is 507. The second kappa shape index (κ2) is 4.68. The summed E-state index contributed by atoms with van der Waals surface area (Å²) in [5.74, 6) is -1.83. The zero-order valence-electron chi connectivity index (χ0n) is 11.4. The molecule has 104 valence electrons. The Morgan fingerprint density at radius 1 is 1.47 bits per heavy atom. The van der Waals surface area contributed by atoms with Crippen LogP contribution in [-0.2, 0) is 16.0 Å². The molecule has 6 heteroatoms. The van der Waals surface area contributed by atoms with Crippen molar-refractivity contribution in [3.8, 4) is 0 Å². The summed E-state index contributed by atoms with van der Waals surface area (Å²) in [6.07, 6.45) is 1.86. The van der Waals surface area contributed by atoms with Crippen LogP contribution in [0.15, 0.2) is 6.07 Å². The highest BCUT2D eigenvalue weighted by Gasteiger charge is 2.65. The first-order chi connectivity index (χ1) is 8.87. The molecule has 0 aromatic carbocycles. The largest absolute Gasteiger partial charge is 0.481 e. The van der Waals surface area contributed by atoms with Gasteiger partial charge < -0.3 is 10.4 Å². The number of aliphatic carboxylic acids is 1. The standard InChI is InChI=1S/C13H19N3O3/c1-4-5-7-6-8(16-15-7)14-11(17)9-10(12(18)19)13(9,2)3/h6,9-10H,4-5H2,1-3H3,(H,18,19)(H2,14,15,16,17)/t9-,10+/m1/s1. The Kier molecular flexibility index (Phi) is 3.34. The molecular formula is C13H19N3O3. The first kappa shape index (κ1) is 13.6. The van der Waals surface area contributed by atoms with E-state index in [2.05, 4.69) is 22.4 Å². The van der Waals surface area contributed by atoms with Gasteiger partial charge in [0.25, 0.3) is 0 Å². The molecule has 1 heterocycles. The van der Waals surface area contributed by atoms with Crippen LogP contribution in [0.3, 0.4) is 0 Å². The third-order valence-corrected chi connectivity index (χ3v) is 3.78. The number of carboxylic acid groups (broad SMARTS) is 1. The highest BCUT2D eigenvalue weighted by molar-refractivity contribution is 5.99.